The van der Waals surface area contributed by atoms with Gasteiger partial charge < -0.3 is 5.73 Å². The maximum atomic E-state index is 13.6. The van der Waals surface area contributed by atoms with Gasteiger partial charge in [0.1, 0.15) is 5.82 Å². The molecule has 1 aromatic rings. The summed E-state index contributed by atoms with van der Waals surface area (Å²) in [6, 6.07) is 7.08. The number of rotatable bonds is 3. The minimum atomic E-state index is -0.120. The predicted octanol–water partition coefficient (Wildman–Crippen LogP) is 3.77. The minimum absolute atomic E-state index is 0.0943. The quantitative estimate of drug-likeness (QED) is 0.867. The van der Waals surface area contributed by atoms with E-state index in [1.54, 1.807) is 6.07 Å². The van der Waals surface area contributed by atoms with Crippen LogP contribution >= 0.6 is 0 Å². The standard InChI is InChI=1S/C16H24FN/c1-11-7-8-14(9-12(11)2)16(18)10-13-5-3-4-6-15(13)17/h3-6,11-12,14,16H,7-10,18H2,1-2H3. The van der Waals surface area contributed by atoms with E-state index in [0.29, 0.717) is 12.3 Å². The van der Waals surface area contributed by atoms with Crippen molar-refractivity contribution in [3.8, 4) is 0 Å². The van der Waals surface area contributed by atoms with Crippen LogP contribution < -0.4 is 5.73 Å². The van der Waals surface area contributed by atoms with Crippen LogP contribution in [0.2, 0.25) is 0 Å². The second-order valence-electron chi connectivity index (χ2n) is 5.99. The van der Waals surface area contributed by atoms with Gasteiger partial charge in [-0.3, -0.25) is 0 Å². The Morgan fingerprint density at radius 2 is 1.94 bits per heavy atom. The van der Waals surface area contributed by atoms with Crippen LogP contribution in [0, 0.1) is 23.6 Å². The third-order valence-electron chi connectivity index (χ3n) is 4.66. The van der Waals surface area contributed by atoms with Crippen LogP contribution in [0.4, 0.5) is 4.39 Å². The summed E-state index contributed by atoms with van der Waals surface area (Å²) in [5.74, 6) is 1.98. The van der Waals surface area contributed by atoms with Crippen LogP contribution in [0.3, 0.4) is 0 Å². The number of hydrogen-bond acceptors (Lipinski definition) is 1. The first-order valence-electron chi connectivity index (χ1n) is 7.07. The molecule has 1 aliphatic carbocycles. The fourth-order valence-electron chi connectivity index (χ4n) is 3.06. The molecule has 1 saturated carbocycles. The monoisotopic (exact) mass is 249 g/mol. The molecular formula is C16H24FN. The molecule has 0 aliphatic heterocycles. The second-order valence-corrected chi connectivity index (χ2v) is 5.99. The molecule has 0 radical (unpaired) electrons. The zero-order valence-corrected chi connectivity index (χ0v) is 11.4. The second kappa shape index (κ2) is 5.83. The summed E-state index contributed by atoms with van der Waals surface area (Å²) in [5, 5.41) is 0. The summed E-state index contributed by atoms with van der Waals surface area (Å²) in [6.45, 7) is 4.63. The van der Waals surface area contributed by atoms with Crippen LogP contribution in [0.5, 0.6) is 0 Å². The lowest BCUT2D eigenvalue weighted by Crippen LogP contribution is -2.37. The summed E-state index contributed by atoms with van der Waals surface area (Å²) in [4.78, 5) is 0. The fourth-order valence-corrected chi connectivity index (χ4v) is 3.06. The Kier molecular flexibility index (Phi) is 4.39. The zero-order chi connectivity index (χ0) is 13.1. The molecular weight excluding hydrogens is 225 g/mol. The highest BCUT2D eigenvalue weighted by atomic mass is 19.1. The summed E-state index contributed by atoms with van der Waals surface area (Å²) in [6.07, 6.45) is 4.31. The van der Waals surface area contributed by atoms with Crippen LogP contribution in [0.1, 0.15) is 38.7 Å². The maximum Gasteiger partial charge on any atom is 0.126 e. The first kappa shape index (κ1) is 13.5. The van der Waals surface area contributed by atoms with Gasteiger partial charge in [-0.1, -0.05) is 38.5 Å². The molecule has 0 saturated heterocycles. The molecule has 4 atom stereocenters. The zero-order valence-electron chi connectivity index (χ0n) is 11.4. The lowest BCUT2D eigenvalue weighted by atomic mass is 9.72. The van der Waals surface area contributed by atoms with E-state index in [-0.39, 0.29) is 11.9 Å². The van der Waals surface area contributed by atoms with Gasteiger partial charge in [-0.15, -0.1) is 0 Å². The van der Waals surface area contributed by atoms with Crippen molar-refractivity contribution >= 4 is 0 Å². The highest BCUT2D eigenvalue weighted by molar-refractivity contribution is 5.18. The molecule has 100 valence electrons. The van der Waals surface area contributed by atoms with Crippen molar-refractivity contribution in [2.75, 3.05) is 0 Å². The molecule has 2 rings (SSSR count). The molecule has 0 heterocycles. The third kappa shape index (κ3) is 3.11. The Morgan fingerprint density at radius 1 is 1.22 bits per heavy atom. The van der Waals surface area contributed by atoms with Gasteiger partial charge >= 0.3 is 0 Å². The summed E-state index contributed by atoms with van der Waals surface area (Å²) in [7, 11) is 0. The molecule has 1 aliphatic rings. The molecule has 1 fully saturated rings. The molecule has 1 nitrogen and oxygen atoms in total. The van der Waals surface area contributed by atoms with Gasteiger partial charge in [-0.25, -0.2) is 4.39 Å². The molecule has 2 N–H and O–H groups in total. The summed E-state index contributed by atoms with van der Waals surface area (Å²) in [5.41, 5.74) is 7.05. The van der Waals surface area contributed by atoms with E-state index in [1.807, 2.05) is 12.1 Å². The smallest absolute Gasteiger partial charge is 0.126 e. The van der Waals surface area contributed by atoms with E-state index >= 15 is 0 Å². The Labute approximate surface area is 110 Å². The van der Waals surface area contributed by atoms with Crippen molar-refractivity contribution in [1.82, 2.24) is 0 Å². The van der Waals surface area contributed by atoms with Crippen molar-refractivity contribution in [1.29, 1.82) is 0 Å². The molecule has 2 heteroatoms. The molecule has 1 aromatic carbocycles. The van der Waals surface area contributed by atoms with Crippen molar-refractivity contribution in [3.63, 3.8) is 0 Å². The van der Waals surface area contributed by atoms with E-state index < -0.39 is 0 Å². The average molecular weight is 249 g/mol. The van der Waals surface area contributed by atoms with E-state index in [9.17, 15) is 4.39 Å². The number of halogens is 1. The molecule has 0 aromatic heterocycles. The van der Waals surface area contributed by atoms with E-state index in [0.717, 1.165) is 17.4 Å². The van der Waals surface area contributed by atoms with Gasteiger partial charge in [0.2, 0.25) is 0 Å². The van der Waals surface area contributed by atoms with Gasteiger partial charge in [0.05, 0.1) is 0 Å². The lowest BCUT2D eigenvalue weighted by Gasteiger charge is -2.35. The van der Waals surface area contributed by atoms with Gasteiger partial charge in [-0.05, 0) is 48.6 Å². The topological polar surface area (TPSA) is 26.0 Å². The first-order chi connectivity index (χ1) is 8.58. The van der Waals surface area contributed by atoms with Gasteiger partial charge in [0.15, 0.2) is 0 Å². The Hall–Kier alpha value is -0.890. The number of nitrogens with two attached hydrogens (primary N) is 1. The average Bonchev–Trinajstić information content (AvgIpc) is 2.35. The van der Waals surface area contributed by atoms with Crippen molar-refractivity contribution in [3.05, 3.63) is 35.6 Å². The Bertz CT molecular complexity index is 390. The number of benzene rings is 1. The molecule has 18 heavy (non-hydrogen) atoms. The number of hydrogen-bond donors (Lipinski definition) is 1. The largest absolute Gasteiger partial charge is 0.327 e. The third-order valence-corrected chi connectivity index (χ3v) is 4.66. The Morgan fingerprint density at radius 3 is 2.61 bits per heavy atom. The van der Waals surface area contributed by atoms with Crippen LogP contribution in [-0.4, -0.2) is 6.04 Å². The van der Waals surface area contributed by atoms with Crippen LogP contribution in [-0.2, 0) is 6.42 Å². The van der Waals surface area contributed by atoms with Crippen molar-refractivity contribution in [2.24, 2.45) is 23.5 Å². The maximum absolute atomic E-state index is 13.6. The normalized spacial score (nSPS) is 30.1. The Balaban J connectivity index is 1.96. The SMILES string of the molecule is CC1CCC(C(N)Cc2ccccc2F)CC1C. The van der Waals surface area contributed by atoms with Crippen LogP contribution in [0.15, 0.2) is 24.3 Å². The molecule has 0 spiro atoms. The lowest BCUT2D eigenvalue weighted by molar-refractivity contribution is 0.184. The first-order valence-corrected chi connectivity index (χ1v) is 7.07. The van der Waals surface area contributed by atoms with Gasteiger partial charge in [-0.2, -0.15) is 0 Å². The van der Waals surface area contributed by atoms with E-state index in [1.165, 1.54) is 25.3 Å². The van der Waals surface area contributed by atoms with Crippen LogP contribution in [0.25, 0.3) is 0 Å². The van der Waals surface area contributed by atoms with E-state index in [2.05, 4.69) is 13.8 Å². The highest BCUT2D eigenvalue weighted by Crippen LogP contribution is 2.35. The van der Waals surface area contributed by atoms with Gasteiger partial charge in [0.25, 0.3) is 0 Å². The predicted molar refractivity (Wildman–Crippen MR) is 73.7 cm³/mol. The molecule has 4 unspecified atom stereocenters. The van der Waals surface area contributed by atoms with E-state index in [4.69, 9.17) is 5.73 Å². The highest BCUT2D eigenvalue weighted by Gasteiger charge is 2.28. The summed E-state index contributed by atoms with van der Waals surface area (Å²) >= 11 is 0. The van der Waals surface area contributed by atoms with Crippen molar-refractivity contribution < 1.29 is 4.39 Å². The molecule has 0 bridgehead atoms. The fraction of sp³-hybridized carbons (Fsp3) is 0.625. The summed E-state index contributed by atoms with van der Waals surface area (Å²) < 4.78 is 13.6. The van der Waals surface area contributed by atoms with Gasteiger partial charge in [0, 0.05) is 6.04 Å². The van der Waals surface area contributed by atoms with Crippen molar-refractivity contribution in [2.45, 2.75) is 45.6 Å². The molecule has 0 amide bonds. The minimum Gasteiger partial charge on any atom is -0.327 e.